The standard InChI is InChI=1S/C6H15ClN2/c1-6(7)5-9(2)4-3-8/h6H,3-5,8H2,1-2H3. The predicted octanol–water partition coefficient (Wildman–Crippen LogP) is 0.504. The predicted molar refractivity (Wildman–Crippen MR) is 41.9 cm³/mol. The fourth-order valence-electron chi connectivity index (χ4n) is 0.741. The van der Waals surface area contributed by atoms with Gasteiger partial charge in [0, 0.05) is 25.0 Å². The molecule has 0 aromatic carbocycles. The molecule has 2 N–H and O–H groups in total. The zero-order chi connectivity index (χ0) is 7.28. The third-order valence-corrected chi connectivity index (χ3v) is 1.21. The van der Waals surface area contributed by atoms with Crippen molar-refractivity contribution in [3.05, 3.63) is 0 Å². The second-order valence-electron chi connectivity index (χ2n) is 2.33. The summed E-state index contributed by atoms with van der Waals surface area (Å²) < 4.78 is 0. The van der Waals surface area contributed by atoms with Crippen molar-refractivity contribution in [2.75, 3.05) is 26.7 Å². The molecule has 56 valence electrons. The van der Waals surface area contributed by atoms with Crippen LogP contribution in [0.1, 0.15) is 6.92 Å². The molecule has 9 heavy (non-hydrogen) atoms. The molecular weight excluding hydrogens is 136 g/mol. The SMILES string of the molecule is CC(Cl)CN(C)CCN. The number of alkyl halides is 1. The van der Waals surface area contributed by atoms with E-state index in [1.807, 2.05) is 14.0 Å². The van der Waals surface area contributed by atoms with Gasteiger partial charge in [0.1, 0.15) is 0 Å². The first kappa shape index (κ1) is 9.21. The van der Waals surface area contributed by atoms with E-state index >= 15 is 0 Å². The lowest BCUT2D eigenvalue weighted by atomic mass is 10.4. The van der Waals surface area contributed by atoms with Crippen LogP contribution in [0.3, 0.4) is 0 Å². The molecule has 0 aromatic heterocycles. The molecule has 0 aliphatic rings. The van der Waals surface area contributed by atoms with Gasteiger partial charge in [-0.2, -0.15) is 0 Å². The van der Waals surface area contributed by atoms with E-state index in [1.165, 1.54) is 0 Å². The average molecular weight is 151 g/mol. The fraction of sp³-hybridized carbons (Fsp3) is 1.00. The van der Waals surface area contributed by atoms with Crippen molar-refractivity contribution in [2.45, 2.75) is 12.3 Å². The second-order valence-corrected chi connectivity index (χ2v) is 3.08. The van der Waals surface area contributed by atoms with E-state index in [2.05, 4.69) is 4.90 Å². The Hall–Kier alpha value is 0.210. The van der Waals surface area contributed by atoms with Crippen LogP contribution in [0.25, 0.3) is 0 Å². The summed E-state index contributed by atoms with van der Waals surface area (Å²) in [7, 11) is 2.02. The van der Waals surface area contributed by atoms with Gasteiger partial charge in [-0.05, 0) is 14.0 Å². The maximum Gasteiger partial charge on any atom is 0.0434 e. The highest BCUT2D eigenvalue weighted by Gasteiger charge is 1.99. The second kappa shape index (κ2) is 5.03. The molecule has 0 aliphatic heterocycles. The summed E-state index contributed by atoms with van der Waals surface area (Å²) in [5.74, 6) is 0. The zero-order valence-electron chi connectivity index (χ0n) is 6.10. The number of halogens is 1. The molecule has 1 unspecified atom stereocenters. The van der Waals surface area contributed by atoms with Crippen molar-refractivity contribution in [1.29, 1.82) is 0 Å². The van der Waals surface area contributed by atoms with Crippen molar-refractivity contribution in [3.63, 3.8) is 0 Å². The summed E-state index contributed by atoms with van der Waals surface area (Å²) >= 11 is 5.73. The Balaban J connectivity index is 3.15. The van der Waals surface area contributed by atoms with Crippen molar-refractivity contribution in [3.8, 4) is 0 Å². The molecule has 0 saturated carbocycles. The first-order valence-electron chi connectivity index (χ1n) is 3.19. The minimum absolute atomic E-state index is 0.224. The zero-order valence-corrected chi connectivity index (χ0v) is 6.86. The Labute approximate surface area is 62.0 Å². The molecule has 0 saturated heterocycles. The lowest BCUT2D eigenvalue weighted by Gasteiger charge is -2.15. The summed E-state index contributed by atoms with van der Waals surface area (Å²) in [6, 6.07) is 0. The van der Waals surface area contributed by atoms with Gasteiger partial charge in [0.2, 0.25) is 0 Å². The number of hydrogen-bond acceptors (Lipinski definition) is 2. The van der Waals surface area contributed by atoms with Crippen LogP contribution in [0.2, 0.25) is 0 Å². The number of rotatable bonds is 4. The molecule has 0 spiro atoms. The first-order valence-corrected chi connectivity index (χ1v) is 3.63. The van der Waals surface area contributed by atoms with E-state index < -0.39 is 0 Å². The summed E-state index contributed by atoms with van der Waals surface area (Å²) in [5, 5.41) is 0.224. The average Bonchev–Trinajstić information content (AvgIpc) is 1.63. The first-order chi connectivity index (χ1) is 4.16. The van der Waals surface area contributed by atoms with Gasteiger partial charge >= 0.3 is 0 Å². The monoisotopic (exact) mass is 150 g/mol. The van der Waals surface area contributed by atoms with Crippen LogP contribution in [0, 0.1) is 0 Å². The molecule has 0 fully saturated rings. The molecule has 0 heterocycles. The van der Waals surface area contributed by atoms with Crippen molar-refractivity contribution in [1.82, 2.24) is 4.90 Å². The van der Waals surface area contributed by atoms with Crippen LogP contribution < -0.4 is 5.73 Å². The fourth-order valence-corrected chi connectivity index (χ4v) is 0.977. The highest BCUT2D eigenvalue weighted by atomic mass is 35.5. The molecule has 0 aliphatic carbocycles. The van der Waals surface area contributed by atoms with Crippen LogP contribution in [-0.4, -0.2) is 37.0 Å². The summed E-state index contributed by atoms with van der Waals surface area (Å²) in [6.45, 7) is 4.53. The topological polar surface area (TPSA) is 29.3 Å². The van der Waals surface area contributed by atoms with Gasteiger partial charge in [-0.1, -0.05) is 0 Å². The number of hydrogen-bond donors (Lipinski definition) is 1. The molecule has 0 rings (SSSR count). The van der Waals surface area contributed by atoms with Crippen LogP contribution in [0.4, 0.5) is 0 Å². The van der Waals surface area contributed by atoms with Gasteiger partial charge in [-0.3, -0.25) is 0 Å². The summed E-state index contributed by atoms with van der Waals surface area (Å²) in [5.41, 5.74) is 5.32. The lowest BCUT2D eigenvalue weighted by molar-refractivity contribution is 0.346. The Morgan fingerprint density at radius 2 is 2.22 bits per heavy atom. The van der Waals surface area contributed by atoms with E-state index in [4.69, 9.17) is 17.3 Å². The van der Waals surface area contributed by atoms with E-state index in [0.29, 0.717) is 6.54 Å². The highest BCUT2D eigenvalue weighted by molar-refractivity contribution is 6.20. The minimum Gasteiger partial charge on any atom is -0.329 e. The normalized spacial score (nSPS) is 14.3. The largest absolute Gasteiger partial charge is 0.329 e. The number of likely N-dealkylation sites (N-methyl/N-ethyl adjacent to an activating group) is 1. The van der Waals surface area contributed by atoms with Crippen LogP contribution >= 0.6 is 11.6 Å². The lowest BCUT2D eigenvalue weighted by Crippen LogP contribution is -2.29. The summed E-state index contributed by atoms with van der Waals surface area (Å²) in [4.78, 5) is 2.12. The van der Waals surface area contributed by atoms with Crippen molar-refractivity contribution < 1.29 is 0 Å². The van der Waals surface area contributed by atoms with E-state index in [0.717, 1.165) is 13.1 Å². The number of nitrogens with zero attached hydrogens (tertiary/aromatic N) is 1. The van der Waals surface area contributed by atoms with Crippen LogP contribution in [-0.2, 0) is 0 Å². The maximum atomic E-state index is 5.73. The smallest absolute Gasteiger partial charge is 0.0434 e. The Kier molecular flexibility index (Phi) is 5.15. The molecule has 0 radical (unpaired) electrons. The third-order valence-electron chi connectivity index (χ3n) is 1.07. The van der Waals surface area contributed by atoms with Gasteiger partial charge in [0.25, 0.3) is 0 Å². The molecule has 0 bridgehead atoms. The molecule has 2 nitrogen and oxygen atoms in total. The van der Waals surface area contributed by atoms with Crippen LogP contribution in [0.15, 0.2) is 0 Å². The van der Waals surface area contributed by atoms with Gasteiger partial charge in [0.05, 0.1) is 0 Å². The highest BCUT2D eigenvalue weighted by Crippen LogP contribution is 1.94. The Morgan fingerprint density at radius 3 is 2.56 bits per heavy atom. The van der Waals surface area contributed by atoms with E-state index in [-0.39, 0.29) is 5.38 Å². The quantitative estimate of drug-likeness (QED) is 0.592. The molecule has 0 aromatic rings. The van der Waals surface area contributed by atoms with Gasteiger partial charge in [0.15, 0.2) is 0 Å². The van der Waals surface area contributed by atoms with Gasteiger partial charge in [-0.25, -0.2) is 0 Å². The van der Waals surface area contributed by atoms with E-state index in [9.17, 15) is 0 Å². The molecule has 0 amide bonds. The molecule has 1 atom stereocenters. The van der Waals surface area contributed by atoms with Crippen molar-refractivity contribution >= 4 is 11.6 Å². The summed E-state index contributed by atoms with van der Waals surface area (Å²) in [6.07, 6.45) is 0. The van der Waals surface area contributed by atoms with Gasteiger partial charge in [-0.15, -0.1) is 11.6 Å². The number of nitrogens with two attached hydrogens (primary N) is 1. The van der Waals surface area contributed by atoms with E-state index in [1.54, 1.807) is 0 Å². The Morgan fingerprint density at radius 1 is 1.67 bits per heavy atom. The molecular formula is C6H15ClN2. The molecule has 3 heteroatoms. The third kappa shape index (κ3) is 6.09. The van der Waals surface area contributed by atoms with Crippen LogP contribution in [0.5, 0.6) is 0 Å². The Bertz CT molecular complexity index is 66.1. The minimum atomic E-state index is 0.224. The van der Waals surface area contributed by atoms with Gasteiger partial charge < -0.3 is 10.6 Å². The maximum absolute atomic E-state index is 5.73. The van der Waals surface area contributed by atoms with Crippen molar-refractivity contribution in [2.24, 2.45) is 5.73 Å².